The van der Waals surface area contributed by atoms with Gasteiger partial charge in [-0.3, -0.25) is 0 Å². The maximum atomic E-state index is 3.99. The summed E-state index contributed by atoms with van der Waals surface area (Å²) in [4.78, 5) is 0. The van der Waals surface area contributed by atoms with Crippen LogP contribution in [0.2, 0.25) is 0 Å². The average Bonchev–Trinajstić information content (AvgIpc) is 2.18. The first-order valence-corrected chi connectivity index (χ1v) is 4.94. The third-order valence-electron chi connectivity index (χ3n) is 2.07. The Labute approximate surface area is 88.0 Å². The van der Waals surface area contributed by atoms with Gasteiger partial charge in [0.1, 0.15) is 0 Å². The van der Waals surface area contributed by atoms with E-state index in [1.165, 1.54) is 11.1 Å². The molecule has 0 heteroatoms. The second-order valence-corrected chi connectivity index (χ2v) is 3.10. The van der Waals surface area contributed by atoms with Gasteiger partial charge in [-0.15, -0.1) is 0 Å². The molecule has 0 N–H and O–H groups in total. The highest BCUT2D eigenvalue weighted by Gasteiger charge is 2.00. The van der Waals surface area contributed by atoms with E-state index in [9.17, 15) is 0 Å². The fourth-order valence-corrected chi connectivity index (χ4v) is 1.34. The van der Waals surface area contributed by atoms with Crippen LogP contribution in [0.4, 0.5) is 0 Å². The summed E-state index contributed by atoms with van der Waals surface area (Å²) in [5.41, 5.74) is 3.60. The van der Waals surface area contributed by atoms with Gasteiger partial charge in [0, 0.05) is 0 Å². The molecule has 0 nitrogen and oxygen atoms in total. The third-order valence-corrected chi connectivity index (χ3v) is 2.07. The molecule has 0 aliphatic heterocycles. The molecule has 14 heavy (non-hydrogen) atoms. The minimum absolute atomic E-state index is 0.895. The fourth-order valence-electron chi connectivity index (χ4n) is 1.34. The van der Waals surface area contributed by atoms with E-state index in [2.05, 4.69) is 25.3 Å². The van der Waals surface area contributed by atoms with E-state index >= 15 is 0 Å². The zero-order chi connectivity index (χ0) is 11.0. The fraction of sp³-hybridized carbons (Fsp3) is 0.286. The van der Waals surface area contributed by atoms with Crippen LogP contribution in [0.1, 0.15) is 27.2 Å². The van der Waals surface area contributed by atoms with Gasteiger partial charge < -0.3 is 0 Å². The Bertz CT molecular complexity index is 285. The minimum atomic E-state index is 0.895. The molecule has 0 saturated heterocycles. The standard InChI is InChI=1S/C14H20/c1-6-10-12(5)11-14(9-4)13(7-2)8-3/h6-10H,2,5,11H2,1,3-4H3/b10-6-,13-8-,14-9-. The summed E-state index contributed by atoms with van der Waals surface area (Å²) in [5, 5.41) is 0. The molecular weight excluding hydrogens is 168 g/mol. The quantitative estimate of drug-likeness (QED) is 0.554. The lowest BCUT2D eigenvalue weighted by molar-refractivity contribution is 1.17. The van der Waals surface area contributed by atoms with Gasteiger partial charge in [0.25, 0.3) is 0 Å². The molecule has 0 aromatic carbocycles. The molecular formula is C14H20. The molecule has 76 valence electrons. The van der Waals surface area contributed by atoms with Crippen molar-refractivity contribution in [3.8, 4) is 0 Å². The Morgan fingerprint density at radius 2 is 1.79 bits per heavy atom. The summed E-state index contributed by atoms with van der Waals surface area (Å²) >= 11 is 0. The van der Waals surface area contributed by atoms with Crippen molar-refractivity contribution in [3.63, 3.8) is 0 Å². The first kappa shape index (κ1) is 12.7. The van der Waals surface area contributed by atoms with Gasteiger partial charge in [-0.05, 0) is 38.3 Å². The van der Waals surface area contributed by atoms with Crippen LogP contribution in [0.3, 0.4) is 0 Å². The molecule has 0 spiro atoms. The Morgan fingerprint density at radius 1 is 1.14 bits per heavy atom. The molecule has 0 aromatic rings. The van der Waals surface area contributed by atoms with Crippen LogP contribution in [0.15, 0.2) is 60.3 Å². The Hall–Kier alpha value is -1.30. The van der Waals surface area contributed by atoms with E-state index < -0.39 is 0 Å². The molecule has 0 radical (unpaired) electrons. The smallest absolute Gasteiger partial charge is 0.00292 e. The van der Waals surface area contributed by atoms with Crippen LogP contribution in [0.5, 0.6) is 0 Å². The number of hydrogen-bond acceptors (Lipinski definition) is 0. The first-order chi connectivity index (χ1) is 6.69. The van der Waals surface area contributed by atoms with Gasteiger partial charge in [-0.2, -0.15) is 0 Å². The highest BCUT2D eigenvalue weighted by atomic mass is 14.0. The normalized spacial score (nSPS) is 13.4. The molecule has 0 aliphatic carbocycles. The molecule has 0 bridgehead atoms. The van der Waals surface area contributed by atoms with Gasteiger partial charge in [0.2, 0.25) is 0 Å². The molecule has 0 amide bonds. The summed E-state index contributed by atoms with van der Waals surface area (Å²) in [6, 6.07) is 0. The van der Waals surface area contributed by atoms with Crippen molar-refractivity contribution in [2.75, 3.05) is 0 Å². The molecule has 0 rings (SSSR count). The lowest BCUT2D eigenvalue weighted by Gasteiger charge is -2.07. The maximum Gasteiger partial charge on any atom is -0.00292 e. The van der Waals surface area contributed by atoms with Crippen LogP contribution < -0.4 is 0 Å². The molecule has 0 unspecified atom stereocenters. The van der Waals surface area contributed by atoms with Gasteiger partial charge >= 0.3 is 0 Å². The highest BCUT2D eigenvalue weighted by molar-refractivity contribution is 5.41. The van der Waals surface area contributed by atoms with E-state index in [1.54, 1.807) is 0 Å². The summed E-state index contributed by atoms with van der Waals surface area (Å²) in [6.07, 6.45) is 11.0. The van der Waals surface area contributed by atoms with Crippen LogP contribution in [-0.2, 0) is 0 Å². The monoisotopic (exact) mass is 188 g/mol. The van der Waals surface area contributed by atoms with E-state index in [0.717, 1.165) is 12.0 Å². The van der Waals surface area contributed by atoms with Crippen LogP contribution in [-0.4, -0.2) is 0 Å². The van der Waals surface area contributed by atoms with Crippen LogP contribution in [0.25, 0.3) is 0 Å². The maximum absolute atomic E-state index is 3.99. The van der Waals surface area contributed by atoms with Crippen molar-refractivity contribution < 1.29 is 0 Å². The molecule has 0 aromatic heterocycles. The van der Waals surface area contributed by atoms with E-state index in [4.69, 9.17) is 0 Å². The van der Waals surface area contributed by atoms with E-state index in [1.807, 2.05) is 39.0 Å². The second kappa shape index (κ2) is 7.14. The predicted molar refractivity (Wildman–Crippen MR) is 66.3 cm³/mol. The van der Waals surface area contributed by atoms with Crippen LogP contribution >= 0.6 is 0 Å². The highest BCUT2D eigenvalue weighted by Crippen LogP contribution is 2.19. The van der Waals surface area contributed by atoms with Gasteiger partial charge in [0.15, 0.2) is 0 Å². The van der Waals surface area contributed by atoms with Gasteiger partial charge in [-0.1, -0.05) is 49.1 Å². The lowest BCUT2D eigenvalue weighted by Crippen LogP contribution is -1.88. The average molecular weight is 188 g/mol. The van der Waals surface area contributed by atoms with Crippen molar-refractivity contribution in [3.05, 3.63) is 60.3 Å². The topological polar surface area (TPSA) is 0 Å². The molecule has 0 saturated carbocycles. The third kappa shape index (κ3) is 4.08. The summed E-state index contributed by atoms with van der Waals surface area (Å²) in [7, 11) is 0. The van der Waals surface area contributed by atoms with Gasteiger partial charge in [0.05, 0.1) is 0 Å². The van der Waals surface area contributed by atoms with Gasteiger partial charge in [-0.25, -0.2) is 0 Å². The van der Waals surface area contributed by atoms with E-state index in [-0.39, 0.29) is 0 Å². The summed E-state index contributed by atoms with van der Waals surface area (Å²) in [5.74, 6) is 0. The number of hydrogen-bond donors (Lipinski definition) is 0. The summed E-state index contributed by atoms with van der Waals surface area (Å²) < 4.78 is 0. The number of rotatable bonds is 5. The zero-order valence-electron chi connectivity index (χ0n) is 9.51. The van der Waals surface area contributed by atoms with Crippen molar-refractivity contribution in [1.82, 2.24) is 0 Å². The Kier molecular flexibility index (Phi) is 6.47. The van der Waals surface area contributed by atoms with Crippen LogP contribution in [0, 0.1) is 0 Å². The van der Waals surface area contributed by atoms with E-state index in [0.29, 0.717) is 0 Å². The molecule has 0 fully saturated rings. The van der Waals surface area contributed by atoms with Crippen molar-refractivity contribution >= 4 is 0 Å². The molecule has 0 atom stereocenters. The Balaban J connectivity index is 4.62. The zero-order valence-corrected chi connectivity index (χ0v) is 9.51. The number of allylic oxidation sites excluding steroid dienone is 8. The SMILES string of the molecule is C=CC(=C/C)/C(=C\C)CC(=C)/C=C\C. The largest absolute Gasteiger partial charge is 0.0985 e. The minimum Gasteiger partial charge on any atom is -0.0985 e. The molecule has 0 heterocycles. The Morgan fingerprint density at radius 3 is 2.14 bits per heavy atom. The lowest BCUT2D eigenvalue weighted by atomic mass is 9.98. The second-order valence-electron chi connectivity index (χ2n) is 3.10. The van der Waals surface area contributed by atoms with Crippen molar-refractivity contribution in [2.45, 2.75) is 27.2 Å². The first-order valence-electron chi connectivity index (χ1n) is 4.94. The summed E-state index contributed by atoms with van der Waals surface area (Å²) in [6.45, 7) is 13.9. The van der Waals surface area contributed by atoms with Crippen molar-refractivity contribution in [1.29, 1.82) is 0 Å². The van der Waals surface area contributed by atoms with Crippen molar-refractivity contribution in [2.24, 2.45) is 0 Å². The predicted octanol–water partition coefficient (Wildman–Crippen LogP) is 4.59. The molecule has 0 aliphatic rings.